The summed E-state index contributed by atoms with van der Waals surface area (Å²) in [4.78, 5) is 0. The van der Waals surface area contributed by atoms with E-state index in [0.29, 0.717) is 0 Å². The molecule has 0 N–H and O–H groups in total. The summed E-state index contributed by atoms with van der Waals surface area (Å²) >= 11 is 0. The van der Waals surface area contributed by atoms with Gasteiger partial charge in [0.05, 0.1) is 13.2 Å². The van der Waals surface area contributed by atoms with E-state index in [2.05, 4.69) is 20.8 Å². The van der Waals surface area contributed by atoms with Crippen LogP contribution in [0.4, 0.5) is 0 Å². The normalized spacial score (nSPS) is 12.5. The predicted octanol–water partition coefficient (Wildman–Crippen LogP) is 9.50. The molecule has 0 radical (unpaired) electrons. The van der Waals surface area contributed by atoms with E-state index in [1.54, 1.807) is 0 Å². The number of unbranched alkanes of at least 4 members (excludes halogenated alkanes) is 16. The first-order chi connectivity index (χ1) is 14.8. The van der Waals surface area contributed by atoms with Crippen molar-refractivity contribution >= 4 is 0 Å². The third-order valence-electron chi connectivity index (χ3n) is 6.41. The van der Waals surface area contributed by atoms with Crippen molar-refractivity contribution in [3.8, 4) is 0 Å². The molecule has 0 saturated carbocycles. The predicted molar refractivity (Wildman–Crippen MR) is 134 cm³/mol. The molecular formula is C28H58O2. The molecule has 0 bridgehead atoms. The first-order valence-electron chi connectivity index (χ1n) is 14.0. The summed E-state index contributed by atoms with van der Waals surface area (Å²) in [6.07, 6.45) is 27.9. The molecule has 0 spiro atoms. The van der Waals surface area contributed by atoms with Gasteiger partial charge in [-0.05, 0) is 18.8 Å². The zero-order chi connectivity index (χ0) is 22.0. The fraction of sp³-hybridized carbons (Fsp3) is 1.00. The molecule has 0 aliphatic heterocycles. The highest BCUT2D eigenvalue weighted by Crippen LogP contribution is 2.14. The van der Waals surface area contributed by atoms with Crippen LogP contribution in [0.3, 0.4) is 0 Å². The minimum absolute atomic E-state index is 0.741. The number of hydrogen-bond acceptors (Lipinski definition) is 2. The van der Waals surface area contributed by atoms with Crippen LogP contribution in [0.5, 0.6) is 0 Å². The van der Waals surface area contributed by atoms with E-state index in [9.17, 15) is 0 Å². The summed E-state index contributed by atoms with van der Waals surface area (Å²) < 4.78 is 11.5. The van der Waals surface area contributed by atoms with E-state index >= 15 is 0 Å². The lowest BCUT2D eigenvalue weighted by Crippen LogP contribution is -2.12. The van der Waals surface area contributed by atoms with Crippen molar-refractivity contribution < 1.29 is 9.47 Å². The van der Waals surface area contributed by atoms with Crippen LogP contribution in [0.1, 0.15) is 149 Å². The molecule has 0 aromatic rings. The van der Waals surface area contributed by atoms with Crippen molar-refractivity contribution in [1.29, 1.82) is 0 Å². The summed E-state index contributed by atoms with van der Waals surface area (Å²) in [5.74, 6) is 0.741. The van der Waals surface area contributed by atoms with E-state index < -0.39 is 0 Å². The van der Waals surface area contributed by atoms with Gasteiger partial charge in [0.15, 0.2) is 0 Å². The van der Waals surface area contributed by atoms with Crippen molar-refractivity contribution in [3.05, 3.63) is 0 Å². The number of hydrogen-bond donors (Lipinski definition) is 0. The zero-order valence-electron chi connectivity index (χ0n) is 21.4. The Kier molecular flexibility index (Phi) is 26.9. The van der Waals surface area contributed by atoms with Gasteiger partial charge >= 0.3 is 0 Å². The van der Waals surface area contributed by atoms with Crippen LogP contribution >= 0.6 is 0 Å². The lowest BCUT2D eigenvalue weighted by Gasteiger charge is -2.14. The van der Waals surface area contributed by atoms with Crippen LogP contribution in [0.2, 0.25) is 0 Å². The number of ether oxygens (including phenoxy) is 2. The van der Waals surface area contributed by atoms with Crippen LogP contribution in [-0.2, 0) is 9.47 Å². The largest absolute Gasteiger partial charge is 0.379 e. The Morgan fingerprint density at radius 2 is 0.867 bits per heavy atom. The van der Waals surface area contributed by atoms with Gasteiger partial charge in [0.1, 0.15) is 0 Å². The topological polar surface area (TPSA) is 18.5 Å². The van der Waals surface area contributed by atoms with Gasteiger partial charge in [0, 0.05) is 13.2 Å². The molecule has 0 aromatic carbocycles. The standard InChI is InChI=1S/C28H58O2/c1-4-7-9-10-11-12-13-14-15-16-17-18-19-20-21-22-24-29-25-26-30-27-28(6-3)23-8-5-2/h28H,4-27H2,1-3H3. The fourth-order valence-corrected chi connectivity index (χ4v) is 4.12. The molecule has 1 unspecified atom stereocenters. The first kappa shape index (κ1) is 29.9. The second-order valence-corrected chi connectivity index (χ2v) is 9.41. The van der Waals surface area contributed by atoms with Gasteiger partial charge in [-0.3, -0.25) is 0 Å². The molecule has 0 aliphatic carbocycles. The second kappa shape index (κ2) is 27.0. The molecule has 2 nitrogen and oxygen atoms in total. The highest BCUT2D eigenvalue weighted by Gasteiger charge is 2.05. The van der Waals surface area contributed by atoms with Gasteiger partial charge in [-0.2, -0.15) is 0 Å². The summed E-state index contributed by atoms with van der Waals surface area (Å²) in [6.45, 7) is 10.2. The lowest BCUT2D eigenvalue weighted by atomic mass is 10.0. The van der Waals surface area contributed by atoms with E-state index in [1.165, 1.54) is 128 Å². The van der Waals surface area contributed by atoms with E-state index in [4.69, 9.17) is 9.47 Å². The maximum Gasteiger partial charge on any atom is 0.0700 e. The van der Waals surface area contributed by atoms with Crippen LogP contribution < -0.4 is 0 Å². The second-order valence-electron chi connectivity index (χ2n) is 9.41. The van der Waals surface area contributed by atoms with Crippen molar-refractivity contribution in [2.24, 2.45) is 5.92 Å². The maximum atomic E-state index is 5.79. The van der Waals surface area contributed by atoms with Gasteiger partial charge in [-0.15, -0.1) is 0 Å². The Morgan fingerprint density at radius 3 is 1.33 bits per heavy atom. The van der Waals surface area contributed by atoms with Gasteiger partial charge in [-0.1, -0.05) is 136 Å². The third kappa shape index (κ3) is 24.2. The molecule has 0 fully saturated rings. The monoisotopic (exact) mass is 426 g/mol. The van der Waals surface area contributed by atoms with Crippen LogP contribution in [0.15, 0.2) is 0 Å². The molecule has 0 heterocycles. The average Bonchev–Trinajstić information content (AvgIpc) is 2.76. The average molecular weight is 427 g/mol. The molecule has 182 valence electrons. The van der Waals surface area contributed by atoms with Crippen molar-refractivity contribution in [2.45, 2.75) is 149 Å². The lowest BCUT2D eigenvalue weighted by molar-refractivity contribution is 0.0301. The first-order valence-corrected chi connectivity index (χ1v) is 14.0. The van der Waals surface area contributed by atoms with Gasteiger partial charge < -0.3 is 9.47 Å². The summed E-state index contributed by atoms with van der Waals surface area (Å²) in [5.41, 5.74) is 0. The Hall–Kier alpha value is -0.0800. The maximum absolute atomic E-state index is 5.79. The SMILES string of the molecule is CCCCCCCCCCCCCCCCCCOCCOCC(CC)CCCC. The summed E-state index contributed by atoms with van der Waals surface area (Å²) in [5, 5.41) is 0. The molecule has 30 heavy (non-hydrogen) atoms. The summed E-state index contributed by atoms with van der Waals surface area (Å²) in [6, 6.07) is 0. The molecule has 0 aliphatic rings. The van der Waals surface area contributed by atoms with E-state index in [0.717, 1.165) is 32.3 Å². The molecular weight excluding hydrogens is 368 g/mol. The zero-order valence-corrected chi connectivity index (χ0v) is 21.4. The minimum Gasteiger partial charge on any atom is -0.379 e. The fourth-order valence-electron chi connectivity index (χ4n) is 4.12. The number of rotatable bonds is 26. The third-order valence-corrected chi connectivity index (χ3v) is 6.41. The minimum atomic E-state index is 0.741. The Labute approximate surface area is 191 Å². The van der Waals surface area contributed by atoms with Gasteiger partial charge in [-0.25, -0.2) is 0 Å². The highest BCUT2D eigenvalue weighted by atomic mass is 16.5. The molecule has 0 aromatic heterocycles. The highest BCUT2D eigenvalue weighted by molar-refractivity contribution is 4.56. The summed E-state index contributed by atoms with van der Waals surface area (Å²) in [7, 11) is 0. The van der Waals surface area contributed by atoms with Crippen molar-refractivity contribution in [2.75, 3.05) is 26.4 Å². The van der Waals surface area contributed by atoms with Crippen LogP contribution in [0, 0.1) is 5.92 Å². The quantitative estimate of drug-likeness (QED) is 0.128. The van der Waals surface area contributed by atoms with Crippen LogP contribution in [0.25, 0.3) is 0 Å². The van der Waals surface area contributed by atoms with Gasteiger partial charge in [0.25, 0.3) is 0 Å². The smallest absolute Gasteiger partial charge is 0.0700 e. The molecule has 0 saturated heterocycles. The molecule has 2 heteroatoms. The Bertz CT molecular complexity index is 292. The van der Waals surface area contributed by atoms with E-state index in [-0.39, 0.29) is 0 Å². The van der Waals surface area contributed by atoms with Crippen molar-refractivity contribution in [3.63, 3.8) is 0 Å². The van der Waals surface area contributed by atoms with Crippen LogP contribution in [-0.4, -0.2) is 26.4 Å². The Morgan fingerprint density at radius 1 is 0.433 bits per heavy atom. The molecule has 0 amide bonds. The Balaban J connectivity index is 3.09. The van der Waals surface area contributed by atoms with E-state index in [1.807, 2.05) is 0 Å². The van der Waals surface area contributed by atoms with Crippen molar-refractivity contribution in [1.82, 2.24) is 0 Å². The molecule has 0 rings (SSSR count). The molecule has 1 atom stereocenters. The van der Waals surface area contributed by atoms with Gasteiger partial charge in [0.2, 0.25) is 0 Å².